The maximum atomic E-state index is 12.0. The molecule has 0 aliphatic heterocycles. The second kappa shape index (κ2) is 7.68. The molecule has 0 unspecified atom stereocenters. The van der Waals surface area contributed by atoms with Crippen LogP contribution in [0.1, 0.15) is 50.5 Å². The molecule has 1 fully saturated rings. The Bertz CT molecular complexity index is 394. The first-order valence-electron chi connectivity index (χ1n) is 7.28. The third kappa shape index (κ3) is 5.35. The molecule has 2 rings (SSSR count). The van der Waals surface area contributed by atoms with Crippen molar-refractivity contribution in [1.82, 2.24) is 5.32 Å². The van der Waals surface area contributed by atoms with Crippen molar-refractivity contribution in [2.45, 2.75) is 57.4 Å². The highest BCUT2D eigenvalue weighted by Crippen LogP contribution is 2.17. The predicted octanol–water partition coefficient (Wildman–Crippen LogP) is 4.22. The molecule has 0 heterocycles. The molecule has 3 heteroatoms. The first kappa shape index (κ1) is 14.6. The lowest BCUT2D eigenvalue weighted by Crippen LogP contribution is -2.36. The van der Waals surface area contributed by atoms with Crippen LogP contribution in [0.3, 0.4) is 0 Å². The number of carbonyl (C=O) groups is 1. The van der Waals surface area contributed by atoms with Gasteiger partial charge in [-0.3, -0.25) is 4.79 Å². The Kier molecular flexibility index (Phi) is 5.90. The van der Waals surface area contributed by atoms with E-state index in [4.69, 9.17) is 0 Å². The summed E-state index contributed by atoms with van der Waals surface area (Å²) in [5.74, 6) is 0.160. The summed E-state index contributed by atoms with van der Waals surface area (Å²) < 4.78 is 1.05. The van der Waals surface area contributed by atoms with Gasteiger partial charge in [-0.1, -0.05) is 60.2 Å². The van der Waals surface area contributed by atoms with Crippen LogP contribution in [0.25, 0.3) is 0 Å². The molecule has 1 aromatic rings. The summed E-state index contributed by atoms with van der Waals surface area (Å²) in [6.45, 7) is 0. The lowest BCUT2D eigenvalue weighted by Gasteiger charge is -2.21. The van der Waals surface area contributed by atoms with Gasteiger partial charge in [-0.15, -0.1) is 0 Å². The Morgan fingerprint density at radius 2 is 1.63 bits per heavy atom. The van der Waals surface area contributed by atoms with E-state index >= 15 is 0 Å². The van der Waals surface area contributed by atoms with Gasteiger partial charge in [-0.2, -0.15) is 0 Å². The standard InChI is InChI=1S/C16H22BrNO/c17-14-10-8-13(9-11-14)12-16(19)18-15-6-4-2-1-3-5-7-15/h8-11,15H,1-7,12H2,(H,18,19). The van der Waals surface area contributed by atoms with Crippen molar-refractivity contribution in [2.75, 3.05) is 0 Å². The normalized spacial score (nSPS) is 17.5. The molecular weight excluding hydrogens is 302 g/mol. The molecule has 1 amide bonds. The van der Waals surface area contributed by atoms with E-state index in [9.17, 15) is 4.79 Å². The lowest BCUT2D eigenvalue weighted by atomic mass is 9.96. The quantitative estimate of drug-likeness (QED) is 0.886. The summed E-state index contributed by atoms with van der Waals surface area (Å²) in [4.78, 5) is 12.0. The highest BCUT2D eigenvalue weighted by atomic mass is 79.9. The molecule has 104 valence electrons. The van der Waals surface area contributed by atoms with E-state index in [1.807, 2.05) is 24.3 Å². The van der Waals surface area contributed by atoms with E-state index in [2.05, 4.69) is 21.2 Å². The van der Waals surface area contributed by atoms with Crippen LogP contribution >= 0.6 is 15.9 Å². The molecule has 19 heavy (non-hydrogen) atoms. The number of nitrogens with one attached hydrogen (secondary N) is 1. The molecule has 1 aliphatic carbocycles. The van der Waals surface area contributed by atoms with E-state index in [-0.39, 0.29) is 5.91 Å². The molecular formula is C16H22BrNO. The van der Waals surface area contributed by atoms with Crippen LogP contribution in [-0.4, -0.2) is 11.9 Å². The van der Waals surface area contributed by atoms with Gasteiger partial charge < -0.3 is 5.32 Å². The highest BCUT2D eigenvalue weighted by Gasteiger charge is 2.14. The van der Waals surface area contributed by atoms with Crippen molar-refractivity contribution >= 4 is 21.8 Å². The number of carbonyl (C=O) groups excluding carboxylic acids is 1. The number of halogens is 1. The third-order valence-corrected chi connectivity index (χ3v) is 4.28. The smallest absolute Gasteiger partial charge is 0.224 e. The van der Waals surface area contributed by atoms with Gasteiger partial charge >= 0.3 is 0 Å². The zero-order chi connectivity index (χ0) is 13.5. The average molecular weight is 324 g/mol. The van der Waals surface area contributed by atoms with Crippen LogP contribution in [0.5, 0.6) is 0 Å². The van der Waals surface area contributed by atoms with Gasteiger partial charge in [0.05, 0.1) is 6.42 Å². The monoisotopic (exact) mass is 323 g/mol. The third-order valence-electron chi connectivity index (χ3n) is 3.75. The van der Waals surface area contributed by atoms with E-state index in [0.29, 0.717) is 12.5 Å². The van der Waals surface area contributed by atoms with Crippen molar-refractivity contribution in [1.29, 1.82) is 0 Å². The SMILES string of the molecule is O=C(Cc1ccc(Br)cc1)NC1CCCCCCC1. The summed E-state index contributed by atoms with van der Waals surface area (Å²) in [5.41, 5.74) is 1.08. The van der Waals surface area contributed by atoms with E-state index in [1.165, 1.54) is 32.1 Å². The fourth-order valence-electron chi connectivity index (χ4n) is 2.67. The summed E-state index contributed by atoms with van der Waals surface area (Å²) >= 11 is 3.41. The second-order valence-corrected chi connectivity index (χ2v) is 6.33. The summed E-state index contributed by atoms with van der Waals surface area (Å²) in [6.07, 6.45) is 9.28. The first-order valence-corrected chi connectivity index (χ1v) is 8.07. The minimum absolute atomic E-state index is 0.160. The summed E-state index contributed by atoms with van der Waals surface area (Å²) in [5, 5.41) is 3.20. The minimum Gasteiger partial charge on any atom is -0.353 e. The van der Waals surface area contributed by atoms with Crippen LogP contribution in [0.4, 0.5) is 0 Å². The number of rotatable bonds is 3. The number of amides is 1. The van der Waals surface area contributed by atoms with Gasteiger partial charge in [-0.05, 0) is 30.5 Å². The van der Waals surface area contributed by atoms with Gasteiger partial charge in [0.2, 0.25) is 5.91 Å². The molecule has 0 radical (unpaired) electrons. The predicted molar refractivity (Wildman–Crippen MR) is 82.1 cm³/mol. The topological polar surface area (TPSA) is 29.1 Å². The van der Waals surface area contributed by atoms with Gasteiger partial charge in [-0.25, -0.2) is 0 Å². The fraction of sp³-hybridized carbons (Fsp3) is 0.562. The van der Waals surface area contributed by atoms with Crippen molar-refractivity contribution in [2.24, 2.45) is 0 Å². The maximum Gasteiger partial charge on any atom is 0.224 e. The highest BCUT2D eigenvalue weighted by molar-refractivity contribution is 9.10. The molecule has 1 saturated carbocycles. The fourth-order valence-corrected chi connectivity index (χ4v) is 2.93. The van der Waals surface area contributed by atoms with Crippen molar-refractivity contribution in [3.8, 4) is 0 Å². The van der Waals surface area contributed by atoms with Crippen LogP contribution < -0.4 is 5.32 Å². The van der Waals surface area contributed by atoms with E-state index in [0.717, 1.165) is 22.9 Å². The summed E-state index contributed by atoms with van der Waals surface area (Å²) in [6, 6.07) is 8.36. The zero-order valence-corrected chi connectivity index (χ0v) is 12.9. The minimum atomic E-state index is 0.160. The van der Waals surface area contributed by atoms with Crippen molar-refractivity contribution < 1.29 is 4.79 Å². The first-order chi connectivity index (χ1) is 9.24. The molecule has 0 saturated heterocycles. The average Bonchev–Trinajstić information content (AvgIpc) is 2.35. The summed E-state index contributed by atoms with van der Waals surface area (Å²) in [7, 11) is 0. The Labute approximate surface area is 124 Å². The number of benzene rings is 1. The molecule has 1 aliphatic rings. The largest absolute Gasteiger partial charge is 0.353 e. The van der Waals surface area contributed by atoms with Crippen LogP contribution in [0.2, 0.25) is 0 Å². The Hall–Kier alpha value is -0.830. The van der Waals surface area contributed by atoms with Crippen LogP contribution in [0.15, 0.2) is 28.7 Å². The molecule has 1 aromatic carbocycles. The molecule has 0 bridgehead atoms. The maximum absolute atomic E-state index is 12.0. The molecule has 1 N–H and O–H groups in total. The van der Waals surface area contributed by atoms with Crippen LogP contribution in [-0.2, 0) is 11.2 Å². The van der Waals surface area contributed by atoms with Crippen molar-refractivity contribution in [3.05, 3.63) is 34.3 Å². The zero-order valence-electron chi connectivity index (χ0n) is 11.3. The van der Waals surface area contributed by atoms with Gasteiger partial charge in [0.1, 0.15) is 0 Å². The molecule has 0 atom stereocenters. The Morgan fingerprint density at radius 1 is 1.05 bits per heavy atom. The van der Waals surface area contributed by atoms with Crippen molar-refractivity contribution in [3.63, 3.8) is 0 Å². The molecule has 2 nitrogen and oxygen atoms in total. The Balaban J connectivity index is 1.80. The molecule has 0 aromatic heterocycles. The van der Waals surface area contributed by atoms with Gasteiger partial charge in [0, 0.05) is 10.5 Å². The lowest BCUT2D eigenvalue weighted by molar-refractivity contribution is -0.121. The van der Waals surface area contributed by atoms with Gasteiger partial charge in [0.25, 0.3) is 0 Å². The second-order valence-electron chi connectivity index (χ2n) is 5.41. The van der Waals surface area contributed by atoms with E-state index in [1.54, 1.807) is 0 Å². The number of hydrogen-bond acceptors (Lipinski definition) is 1. The van der Waals surface area contributed by atoms with E-state index < -0.39 is 0 Å². The molecule has 0 spiro atoms. The Morgan fingerprint density at radius 3 is 2.26 bits per heavy atom. The number of hydrogen-bond donors (Lipinski definition) is 1. The van der Waals surface area contributed by atoms with Crippen LogP contribution in [0, 0.1) is 0 Å². The van der Waals surface area contributed by atoms with Gasteiger partial charge in [0.15, 0.2) is 0 Å².